The van der Waals surface area contributed by atoms with E-state index in [1.807, 2.05) is 43.3 Å². The molecule has 176 valence electrons. The number of amides is 1. The van der Waals surface area contributed by atoms with Crippen LogP contribution in [0.5, 0.6) is 0 Å². The summed E-state index contributed by atoms with van der Waals surface area (Å²) in [5, 5.41) is 10.2. The molecule has 1 unspecified atom stereocenters. The number of hydrogen-bond donors (Lipinski definition) is 1. The van der Waals surface area contributed by atoms with Gasteiger partial charge in [-0.05, 0) is 68.5 Å². The minimum absolute atomic E-state index is 0.000583. The van der Waals surface area contributed by atoms with E-state index in [1.165, 1.54) is 0 Å². The van der Waals surface area contributed by atoms with Crippen molar-refractivity contribution in [2.24, 2.45) is 10.5 Å². The Balaban J connectivity index is 1.21. The van der Waals surface area contributed by atoms with Gasteiger partial charge in [0.05, 0.1) is 22.0 Å². The molecule has 1 spiro atoms. The molecule has 3 aromatic rings. The van der Waals surface area contributed by atoms with Gasteiger partial charge in [-0.3, -0.25) is 4.79 Å². The van der Waals surface area contributed by atoms with Crippen LogP contribution < -0.4 is 4.72 Å². The average molecular weight is 478 g/mol. The largest absolute Gasteiger partial charge is 0.272 e. The van der Waals surface area contributed by atoms with Crippen molar-refractivity contribution in [3.05, 3.63) is 78.6 Å². The van der Waals surface area contributed by atoms with Crippen molar-refractivity contribution in [3.63, 3.8) is 0 Å². The normalized spacial score (nSPS) is 23.5. The van der Waals surface area contributed by atoms with Crippen molar-refractivity contribution in [2.45, 2.75) is 49.6 Å². The number of rotatable bonds is 6. The molecule has 1 amide bonds. The number of aromatic nitrogens is 2. The van der Waals surface area contributed by atoms with Crippen LogP contribution in [0.3, 0.4) is 0 Å². The highest BCUT2D eigenvalue weighted by Crippen LogP contribution is 2.42. The van der Waals surface area contributed by atoms with E-state index in [2.05, 4.69) is 14.9 Å². The molecule has 0 saturated heterocycles. The van der Waals surface area contributed by atoms with E-state index in [9.17, 15) is 13.2 Å². The highest BCUT2D eigenvalue weighted by Gasteiger charge is 2.48. The van der Waals surface area contributed by atoms with Crippen molar-refractivity contribution in [3.8, 4) is 5.69 Å². The minimum atomic E-state index is -3.66. The Morgan fingerprint density at radius 2 is 1.74 bits per heavy atom. The first-order valence-corrected chi connectivity index (χ1v) is 12.9. The maximum atomic E-state index is 13.3. The Hall–Kier alpha value is -3.30. The van der Waals surface area contributed by atoms with Crippen LogP contribution in [0, 0.1) is 5.41 Å². The molecule has 1 aliphatic carbocycles. The number of hydrogen-bond acceptors (Lipinski definition) is 5. The molecule has 2 aliphatic rings. The lowest BCUT2D eigenvalue weighted by Gasteiger charge is -2.35. The Morgan fingerprint density at radius 3 is 2.38 bits per heavy atom. The van der Waals surface area contributed by atoms with Gasteiger partial charge in [-0.15, -0.1) is 0 Å². The van der Waals surface area contributed by atoms with Crippen molar-refractivity contribution < 1.29 is 13.2 Å². The van der Waals surface area contributed by atoms with Crippen molar-refractivity contribution in [1.29, 1.82) is 0 Å². The highest BCUT2D eigenvalue weighted by atomic mass is 32.2. The number of benzene rings is 2. The smallest absolute Gasteiger partial charge is 0.254 e. The third-order valence-electron chi connectivity index (χ3n) is 6.83. The summed E-state index contributed by atoms with van der Waals surface area (Å²) >= 11 is 0. The number of carbonyl (C=O) groups is 1. The van der Waals surface area contributed by atoms with Crippen LogP contribution in [-0.4, -0.2) is 41.4 Å². The summed E-state index contributed by atoms with van der Waals surface area (Å²) in [5.41, 5.74) is 1.18. The third-order valence-corrected chi connectivity index (χ3v) is 8.36. The van der Waals surface area contributed by atoms with Crippen molar-refractivity contribution >= 4 is 22.1 Å². The van der Waals surface area contributed by atoms with Gasteiger partial charge >= 0.3 is 0 Å². The lowest BCUT2D eigenvalue weighted by Crippen LogP contribution is -2.45. The lowest BCUT2D eigenvalue weighted by atomic mass is 9.73. The SMILES string of the molecule is CC(c1ccccc1)N1N=CC2(CCC(NS(=O)(=O)c3ccc(-n4cccn4)cc3)CC2)C1=O. The molecule has 0 radical (unpaired) electrons. The molecule has 0 bridgehead atoms. The van der Waals surface area contributed by atoms with E-state index in [-0.39, 0.29) is 22.9 Å². The van der Waals surface area contributed by atoms with E-state index in [0.29, 0.717) is 25.7 Å². The summed E-state index contributed by atoms with van der Waals surface area (Å²) < 4.78 is 30.4. The minimum Gasteiger partial charge on any atom is -0.272 e. The van der Waals surface area contributed by atoms with Crippen LogP contribution in [0.2, 0.25) is 0 Å². The maximum absolute atomic E-state index is 13.3. The fourth-order valence-electron chi connectivity index (χ4n) is 4.74. The Labute approximate surface area is 199 Å². The maximum Gasteiger partial charge on any atom is 0.254 e. The topological polar surface area (TPSA) is 96.7 Å². The molecule has 1 atom stereocenters. The molecule has 8 nitrogen and oxygen atoms in total. The summed E-state index contributed by atoms with van der Waals surface area (Å²) in [6.45, 7) is 1.97. The molecule has 5 rings (SSSR count). The van der Waals surface area contributed by atoms with Crippen LogP contribution in [-0.2, 0) is 14.8 Å². The summed E-state index contributed by atoms with van der Waals surface area (Å²) in [4.78, 5) is 13.5. The quantitative estimate of drug-likeness (QED) is 0.586. The Kier molecular flexibility index (Phi) is 5.83. The molecular weight excluding hydrogens is 450 g/mol. The van der Waals surface area contributed by atoms with Crippen molar-refractivity contribution in [1.82, 2.24) is 19.5 Å². The van der Waals surface area contributed by atoms with Gasteiger partial charge in [-0.1, -0.05) is 30.3 Å². The highest BCUT2D eigenvalue weighted by molar-refractivity contribution is 7.89. The molecule has 1 fully saturated rings. The predicted molar refractivity (Wildman–Crippen MR) is 129 cm³/mol. The zero-order chi connectivity index (χ0) is 23.8. The van der Waals surface area contributed by atoms with Crippen LogP contribution in [0.15, 0.2) is 83.1 Å². The number of hydrazone groups is 1. The van der Waals surface area contributed by atoms with Gasteiger partial charge < -0.3 is 0 Å². The number of sulfonamides is 1. The van der Waals surface area contributed by atoms with Crippen LogP contribution in [0.1, 0.15) is 44.2 Å². The van der Waals surface area contributed by atoms with E-state index < -0.39 is 15.4 Å². The molecule has 1 N–H and O–H groups in total. The van der Waals surface area contributed by atoms with Crippen molar-refractivity contribution in [2.75, 3.05) is 0 Å². The molecule has 1 aromatic heterocycles. The Bertz CT molecular complexity index is 1280. The summed E-state index contributed by atoms with van der Waals surface area (Å²) in [7, 11) is -3.66. The van der Waals surface area contributed by atoms with Gasteiger partial charge in [0, 0.05) is 24.7 Å². The first-order valence-electron chi connectivity index (χ1n) is 11.4. The monoisotopic (exact) mass is 477 g/mol. The van der Waals surface area contributed by atoms with Gasteiger partial charge in [-0.25, -0.2) is 22.8 Å². The lowest BCUT2D eigenvalue weighted by molar-refractivity contribution is -0.139. The second-order valence-electron chi connectivity index (χ2n) is 8.98. The van der Waals surface area contributed by atoms with Gasteiger partial charge in [0.25, 0.3) is 5.91 Å². The molecule has 1 aliphatic heterocycles. The first-order chi connectivity index (χ1) is 16.4. The molecule has 2 aromatic carbocycles. The van der Waals surface area contributed by atoms with E-state index in [0.717, 1.165) is 11.3 Å². The fourth-order valence-corrected chi connectivity index (χ4v) is 6.04. The standard InChI is InChI=1S/C25H27N5O3S/c1-19(20-6-3-2-4-7-20)30-24(31)25(18-27-30)14-12-21(13-15-25)28-34(32,33)23-10-8-22(9-11-23)29-17-5-16-26-29/h2-11,16-19,21,28H,12-15H2,1H3. The first kappa shape index (κ1) is 22.5. The third kappa shape index (κ3) is 4.17. The second-order valence-corrected chi connectivity index (χ2v) is 10.7. The van der Waals surface area contributed by atoms with Gasteiger partial charge in [0.1, 0.15) is 0 Å². The zero-order valence-electron chi connectivity index (χ0n) is 18.9. The van der Waals surface area contributed by atoms with E-state index in [4.69, 9.17) is 0 Å². The summed E-state index contributed by atoms with van der Waals surface area (Å²) in [6, 6.07) is 17.9. The number of nitrogens with zero attached hydrogens (tertiary/aromatic N) is 4. The van der Waals surface area contributed by atoms with Crippen LogP contribution in [0.4, 0.5) is 0 Å². The fraction of sp³-hybridized carbons (Fsp3) is 0.320. The van der Waals surface area contributed by atoms with Gasteiger partial charge in [0.2, 0.25) is 10.0 Å². The summed E-state index contributed by atoms with van der Waals surface area (Å²) in [6.07, 6.45) is 7.54. The van der Waals surface area contributed by atoms with E-state index in [1.54, 1.807) is 52.6 Å². The molecule has 34 heavy (non-hydrogen) atoms. The number of carbonyl (C=O) groups excluding carboxylic acids is 1. The average Bonchev–Trinajstić information content (AvgIpc) is 3.50. The Morgan fingerprint density at radius 1 is 1.03 bits per heavy atom. The molecule has 2 heterocycles. The molecule has 1 saturated carbocycles. The second kappa shape index (κ2) is 8.81. The van der Waals surface area contributed by atoms with Gasteiger partial charge in [0.15, 0.2) is 0 Å². The zero-order valence-corrected chi connectivity index (χ0v) is 19.7. The summed E-state index contributed by atoms with van der Waals surface area (Å²) in [5.74, 6) is -0.000583. The van der Waals surface area contributed by atoms with E-state index >= 15 is 0 Å². The van der Waals surface area contributed by atoms with Crippen LogP contribution in [0.25, 0.3) is 5.69 Å². The molecule has 9 heteroatoms. The number of nitrogens with one attached hydrogen (secondary N) is 1. The molecular formula is C25H27N5O3S. The predicted octanol–water partition coefficient (Wildman–Crippen LogP) is 3.67. The van der Waals surface area contributed by atoms with Crippen LogP contribution >= 0.6 is 0 Å². The van der Waals surface area contributed by atoms with Gasteiger partial charge in [-0.2, -0.15) is 10.2 Å².